The number of benzene rings is 4. The van der Waals surface area contributed by atoms with E-state index in [1.807, 2.05) is 78.9 Å². The van der Waals surface area contributed by atoms with Gasteiger partial charge in [0.05, 0.1) is 40.9 Å². The molecule has 8 rings (SSSR count). The average molecular weight is 708 g/mol. The van der Waals surface area contributed by atoms with Gasteiger partial charge in [0.1, 0.15) is 18.5 Å². The first-order valence-corrected chi connectivity index (χ1v) is 16.2. The number of ether oxygens (including phenoxy) is 2. The molecule has 6 aromatic rings. The molecule has 2 atom stereocenters. The quantitative estimate of drug-likeness (QED) is 0.144. The van der Waals surface area contributed by atoms with Crippen LogP contribution in [0.25, 0.3) is 21.8 Å². The summed E-state index contributed by atoms with van der Waals surface area (Å²) < 4.78 is 28.7. The van der Waals surface area contributed by atoms with Crippen molar-refractivity contribution in [1.82, 2.24) is 9.97 Å². The summed E-state index contributed by atoms with van der Waals surface area (Å²) in [6.45, 7) is 1.19. The van der Waals surface area contributed by atoms with Gasteiger partial charge in [-0.25, -0.2) is 0 Å². The molecule has 2 aliphatic rings. The zero-order chi connectivity index (χ0) is 32.9. The first kappa shape index (κ1) is 32.9. The van der Waals surface area contributed by atoms with E-state index in [9.17, 15) is 9.90 Å². The molecule has 0 bridgehead atoms. The van der Waals surface area contributed by atoms with Gasteiger partial charge in [0.2, 0.25) is 0 Å². The van der Waals surface area contributed by atoms with Crippen molar-refractivity contribution in [3.05, 3.63) is 152 Å². The molecule has 0 radical (unpaired) electrons. The predicted molar refractivity (Wildman–Crippen MR) is 172 cm³/mol. The van der Waals surface area contributed by atoms with Gasteiger partial charge in [-0.05, 0) is 81.4 Å². The van der Waals surface area contributed by atoms with E-state index in [1.165, 1.54) is 5.56 Å². The fourth-order valence-electron chi connectivity index (χ4n) is 5.83. The zero-order valence-corrected chi connectivity index (χ0v) is 27.3. The van der Waals surface area contributed by atoms with Crippen LogP contribution in [0.4, 0.5) is 0 Å². The number of nitrogens with zero attached hydrogens (tertiary/aromatic N) is 2. The molecule has 2 unspecified atom stereocenters. The molecule has 11 heteroatoms. The topological polar surface area (TPSA) is 116 Å². The average Bonchev–Trinajstić information content (AvgIpc) is 3.72. The number of pyridine rings is 2. The Kier molecular flexibility index (Phi) is 10.3. The fraction of sp³-hybridized carbons (Fsp3) is 0.139. The van der Waals surface area contributed by atoms with E-state index < -0.39 is 14.8 Å². The van der Waals surface area contributed by atoms with Crippen molar-refractivity contribution >= 4 is 51.3 Å². The SMILES string of the molecule is O=Cc1ccc2c(c1)C(c1ccc3ncc(Cl)cc3c1)OC2.OCc1ccc2c(c1)C(c1ccc3ncc(Cl)cc3c1)OC2.[O]=[Mn]=[O]. The molecule has 1 N–H and O–H groups in total. The van der Waals surface area contributed by atoms with Crippen LogP contribution in [-0.2, 0) is 51.8 Å². The third kappa shape index (κ3) is 7.27. The number of aldehydes is 1. The van der Waals surface area contributed by atoms with E-state index in [4.69, 9.17) is 40.3 Å². The molecule has 2 aliphatic heterocycles. The number of halogens is 2. The van der Waals surface area contributed by atoms with E-state index in [0.717, 1.165) is 61.5 Å². The van der Waals surface area contributed by atoms with Gasteiger partial charge in [-0.3, -0.25) is 14.8 Å². The van der Waals surface area contributed by atoms with Crippen LogP contribution < -0.4 is 0 Å². The second kappa shape index (κ2) is 14.8. The monoisotopic (exact) mass is 707 g/mol. The van der Waals surface area contributed by atoms with Gasteiger partial charge >= 0.3 is 22.5 Å². The van der Waals surface area contributed by atoms with Crippen LogP contribution in [-0.4, -0.2) is 21.4 Å². The Morgan fingerprint density at radius 3 is 1.74 bits per heavy atom. The Hall–Kier alpha value is -4.05. The number of aliphatic hydroxyl groups is 1. The van der Waals surface area contributed by atoms with Crippen LogP contribution in [0.1, 0.15) is 61.5 Å². The number of hydrogen-bond acceptors (Lipinski definition) is 8. The molecule has 4 aromatic carbocycles. The molecule has 47 heavy (non-hydrogen) atoms. The number of carbonyl (C=O) groups is 1. The second-order valence-corrected chi connectivity index (χ2v) is 12.0. The molecule has 237 valence electrons. The molecule has 0 saturated heterocycles. The standard InChI is InChI=1S/C18H14ClNO2.C18H12ClNO2.Mn.2O/c2*19-15-7-14-6-12(3-4-17(14)20-8-15)18-16-5-11(9-21)1-2-13(16)10-22-18;;;/h1-8,18,21H,9-10H2;1-9,18H,10H2;;;. The zero-order valence-electron chi connectivity index (χ0n) is 24.6. The van der Waals surface area contributed by atoms with Crippen LogP contribution in [0.2, 0.25) is 10.0 Å². The van der Waals surface area contributed by atoms with Gasteiger partial charge < -0.3 is 14.6 Å². The van der Waals surface area contributed by atoms with E-state index in [2.05, 4.69) is 16.0 Å². The summed E-state index contributed by atoms with van der Waals surface area (Å²) in [6.07, 6.45) is 3.89. The Balaban J connectivity index is 0.000000152. The molecular formula is C36H26Cl2MnN2O6. The molecule has 0 aliphatic carbocycles. The Morgan fingerprint density at radius 2 is 1.23 bits per heavy atom. The van der Waals surface area contributed by atoms with Crippen molar-refractivity contribution in [1.29, 1.82) is 0 Å². The van der Waals surface area contributed by atoms with Crippen molar-refractivity contribution in [2.45, 2.75) is 32.0 Å². The van der Waals surface area contributed by atoms with Crippen molar-refractivity contribution < 1.29 is 41.9 Å². The van der Waals surface area contributed by atoms with Gasteiger partial charge in [0, 0.05) is 28.7 Å². The van der Waals surface area contributed by atoms with E-state index in [0.29, 0.717) is 28.8 Å². The molecule has 8 nitrogen and oxygen atoms in total. The van der Waals surface area contributed by atoms with Crippen LogP contribution in [0.5, 0.6) is 0 Å². The number of hydrogen-bond donors (Lipinski definition) is 1. The van der Waals surface area contributed by atoms with Crippen LogP contribution in [0.15, 0.2) is 97.3 Å². The minimum absolute atomic E-state index is 0.0389. The molecule has 0 spiro atoms. The summed E-state index contributed by atoms with van der Waals surface area (Å²) in [7, 11) is 0. The third-order valence-electron chi connectivity index (χ3n) is 8.02. The van der Waals surface area contributed by atoms with Crippen molar-refractivity contribution in [3.63, 3.8) is 0 Å². The number of carbonyl (C=O) groups excluding carboxylic acids is 1. The third-order valence-corrected chi connectivity index (χ3v) is 8.44. The normalized spacial score (nSPS) is 16.0. The molecule has 4 heterocycles. The summed E-state index contributed by atoms with van der Waals surface area (Å²) in [5.41, 5.74) is 9.97. The van der Waals surface area contributed by atoms with E-state index in [-0.39, 0.29) is 18.8 Å². The molecule has 0 amide bonds. The minimum atomic E-state index is -1.44. The number of aliphatic hydroxyl groups excluding tert-OH is 1. The van der Waals surface area contributed by atoms with Gasteiger partial charge in [-0.2, -0.15) is 0 Å². The molecule has 0 saturated carbocycles. The summed E-state index contributed by atoms with van der Waals surface area (Å²) in [5.74, 6) is 0. The number of aromatic nitrogens is 2. The van der Waals surface area contributed by atoms with Crippen LogP contribution in [0.3, 0.4) is 0 Å². The van der Waals surface area contributed by atoms with Crippen LogP contribution in [0, 0.1) is 0 Å². The van der Waals surface area contributed by atoms with E-state index >= 15 is 0 Å². The second-order valence-electron chi connectivity index (χ2n) is 10.9. The molecule has 2 aromatic heterocycles. The Morgan fingerprint density at radius 1 is 0.723 bits per heavy atom. The molecular weight excluding hydrogens is 682 g/mol. The van der Waals surface area contributed by atoms with Crippen molar-refractivity contribution in [3.8, 4) is 0 Å². The summed E-state index contributed by atoms with van der Waals surface area (Å²) in [5, 5.41) is 12.6. The Labute approximate surface area is 285 Å². The number of rotatable bonds is 4. The fourth-order valence-corrected chi connectivity index (χ4v) is 6.16. The van der Waals surface area contributed by atoms with E-state index in [1.54, 1.807) is 12.4 Å². The number of fused-ring (bicyclic) bond motifs is 4. The summed E-state index contributed by atoms with van der Waals surface area (Å²) in [6, 6.07) is 27.6. The first-order chi connectivity index (χ1) is 22.9. The van der Waals surface area contributed by atoms with Crippen molar-refractivity contribution in [2.24, 2.45) is 0 Å². The van der Waals surface area contributed by atoms with Gasteiger partial charge in [0.25, 0.3) is 0 Å². The van der Waals surface area contributed by atoms with Gasteiger partial charge in [0.15, 0.2) is 0 Å². The summed E-state index contributed by atoms with van der Waals surface area (Å²) >= 11 is 10.6. The molecule has 0 fully saturated rings. The van der Waals surface area contributed by atoms with Crippen molar-refractivity contribution in [2.75, 3.05) is 0 Å². The summed E-state index contributed by atoms with van der Waals surface area (Å²) in [4.78, 5) is 19.6. The predicted octanol–water partition coefficient (Wildman–Crippen LogP) is 8.08. The Bertz CT molecular complexity index is 2160. The maximum absolute atomic E-state index is 11.0. The maximum atomic E-state index is 11.0. The van der Waals surface area contributed by atoms with Gasteiger partial charge in [-0.15, -0.1) is 0 Å². The first-order valence-electron chi connectivity index (χ1n) is 14.4. The van der Waals surface area contributed by atoms with Crippen LogP contribution >= 0.6 is 23.2 Å². The van der Waals surface area contributed by atoms with Gasteiger partial charge in [-0.1, -0.05) is 65.7 Å².